The highest BCUT2D eigenvalue weighted by Gasteiger charge is 2.18. The maximum atomic E-state index is 5.71. The van der Waals surface area contributed by atoms with Gasteiger partial charge < -0.3 is 4.74 Å². The van der Waals surface area contributed by atoms with Crippen LogP contribution in [-0.4, -0.2) is 6.61 Å². The van der Waals surface area contributed by atoms with E-state index in [-0.39, 0.29) is 6.04 Å². The van der Waals surface area contributed by atoms with Gasteiger partial charge in [-0.1, -0.05) is 12.1 Å². The van der Waals surface area contributed by atoms with Gasteiger partial charge in [0.1, 0.15) is 5.75 Å². The Morgan fingerprint density at radius 1 is 1.33 bits per heavy atom. The van der Waals surface area contributed by atoms with Crippen LogP contribution in [0.2, 0.25) is 0 Å². The number of hydrogen-bond donors (Lipinski definition) is 2. The lowest BCUT2D eigenvalue weighted by atomic mass is 9.99. The standard InChI is InChI=1S/C14H16N2OS/c1-9-6-12(8-18-9)14(16-15)11-2-3-13-10(7-11)4-5-17-13/h2-3,6-8,14,16H,4-5,15H2,1H3. The van der Waals surface area contributed by atoms with Crippen LogP contribution in [-0.2, 0) is 6.42 Å². The molecule has 2 heterocycles. The molecule has 1 aliphatic rings. The highest BCUT2D eigenvalue weighted by molar-refractivity contribution is 7.10. The predicted molar refractivity (Wildman–Crippen MR) is 73.9 cm³/mol. The number of nitrogens with two attached hydrogens (primary N) is 1. The summed E-state index contributed by atoms with van der Waals surface area (Å²) < 4.78 is 5.53. The molecule has 0 saturated heterocycles. The van der Waals surface area contributed by atoms with E-state index >= 15 is 0 Å². The summed E-state index contributed by atoms with van der Waals surface area (Å²) in [6, 6.07) is 8.56. The third-order valence-corrected chi connectivity index (χ3v) is 4.18. The zero-order valence-corrected chi connectivity index (χ0v) is 11.1. The van der Waals surface area contributed by atoms with Crippen molar-refractivity contribution in [1.29, 1.82) is 0 Å². The Labute approximate surface area is 111 Å². The van der Waals surface area contributed by atoms with E-state index in [9.17, 15) is 0 Å². The summed E-state index contributed by atoms with van der Waals surface area (Å²) in [7, 11) is 0. The number of hydrazine groups is 1. The molecule has 0 radical (unpaired) electrons. The van der Waals surface area contributed by atoms with Crippen LogP contribution in [0.3, 0.4) is 0 Å². The quantitative estimate of drug-likeness (QED) is 0.658. The number of nitrogens with one attached hydrogen (secondary N) is 1. The Morgan fingerprint density at radius 3 is 2.94 bits per heavy atom. The SMILES string of the molecule is Cc1cc(C(NN)c2ccc3c(c2)CCO3)cs1. The average molecular weight is 260 g/mol. The number of fused-ring (bicyclic) bond motifs is 1. The molecule has 3 rings (SSSR count). The first-order valence-corrected chi connectivity index (χ1v) is 6.92. The molecule has 0 aliphatic carbocycles. The molecule has 4 heteroatoms. The lowest BCUT2D eigenvalue weighted by Crippen LogP contribution is -2.28. The van der Waals surface area contributed by atoms with Crippen molar-refractivity contribution in [1.82, 2.24) is 5.43 Å². The summed E-state index contributed by atoms with van der Waals surface area (Å²) in [6.07, 6.45) is 0.989. The van der Waals surface area contributed by atoms with Gasteiger partial charge in [-0.2, -0.15) is 0 Å². The van der Waals surface area contributed by atoms with Gasteiger partial charge in [-0.3, -0.25) is 5.84 Å². The van der Waals surface area contributed by atoms with Gasteiger partial charge in [-0.15, -0.1) is 11.3 Å². The van der Waals surface area contributed by atoms with E-state index in [4.69, 9.17) is 10.6 Å². The molecule has 94 valence electrons. The lowest BCUT2D eigenvalue weighted by Gasteiger charge is -2.16. The topological polar surface area (TPSA) is 47.3 Å². The van der Waals surface area contributed by atoms with E-state index in [1.807, 2.05) is 6.07 Å². The third-order valence-electron chi connectivity index (χ3n) is 3.30. The Kier molecular flexibility index (Phi) is 3.07. The van der Waals surface area contributed by atoms with Gasteiger partial charge in [0.05, 0.1) is 12.6 Å². The van der Waals surface area contributed by atoms with Crippen molar-refractivity contribution in [2.24, 2.45) is 5.84 Å². The fourth-order valence-electron chi connectivity index (χ4n) is 2.39. The number of hydrogen-bond acceptors (Lipinski definition) is 4. The van der Waals surface area contributed by atoms with E-state index in [0.29, 0.717) is 0 Å². The average Bonchev–Trinajstić information content (AvgIpc) is 2.99. The summed E-state index contributed by atoms with van der Waals surface area (Å²) >= 11 is 1.75. The normalized spacial score (nSPS) is 15.2. The van der Waals surface area contributed by atoms with Gasteiger partial charge in [-0.25, -0.2) is 5.43 Å². The van der Waals surface area contributed by atoms with E-state index in [2.05, 4.69) is 35.9 Å². The Morgan fingerprint density at radius 2 is 2.22 bits per heavy atom. The summed E-state index contributed by atoms with van der Waals surface area (Å²) in [5, 5.41) is 2.16. The Hall–Kier alpha value is -1.36. The Balaban J connectivity index is 1.96. The first-order valence-electron chi connectivity index (χ1n) is 6.04. The van der Waals surface area contributed by atoms with Crippen LogP contribution in [0.5, 0.6) is 5.75 Å². The molecule has 0 spiro atoms. The second-order valence-corrected chi connectivity index (χ2v) is 5.67. The number of thiophene rings is 1. The maximum absolute atomic E-state index is 5.71. The number of benzene rings is 1. The highest BCUT2D eigenvalue weighted by atomic mass is 32.1. The molecule has 2 aromatic rings. The first-order chi connectivity index (χ1) is 8.78. The van der Waals surface area contributed by atoms with Gasteiger partial charge in [0.25, 0.3) is 0 Å². The molecule has 18 heavy (non-hydrogen) atoms. The molecule has 1 aromatic carbocycles. The molecular weight excluding hydrogens is 244 g/mol. The lowest BCUT2D eigenvalue weighted by molar-refractivity contribution is 0.357. The van der Waals surface area contributed by atoms with Crippen LogP contribution in [0.25, 0.3) is 0 Å². The van der Waals surface area contributed by atoms with Crippen LogP contribution < -0.4 is 16.0 Å². The molecule has 0 saturated carbocycles. The van der Waals surface area contributed by atoms with Crippen molar-refractivity contribution in [2.75, 3.05) is 6.61 Å². The second kappa shape index (κ2) is 4.72. The van der Waals surface area contributed by atoms with E-state index < -0.39 is 0 Å². The molecule has 3 N–H and O–H groups in total. The monoisotopic (exact) mass is 260 g/mol. The summed E-state index contributed by atoms with van der Waals surface area (Å²) in [5.74, 6) is 6.72. The Bertz CT molecular complexity index is 565. The summed E-state index contributed by atoms with van der Waals surface area (Å²) in [4.78, 5) is 1.30. The van der Waals surface area contributed by atoms with Crippen molar-refractivity contribution in [3.05, 3.63) is 51.2 Å². The zero-order valence-electron chi connectivity index (χ0n) is 10.3. The van der Waals surface area contributed by atoms with Crippen molar-refractivity contribution >= 4 is 11.3 Å². The predicted octanol–water partition coefficient (Wildman–Crippen LogP) is 2.54. The van der Waals surface area contributed by atoms with Crippen LogP contribution in [0.15, 0.2) is 29.6 Å². The molecule has 1 aliphatic heterocycles. The molecule has 0 fully saturated rings. The van der Waals surface area contributed by atoms with Crippen LogP contribution >= 0.6 is 11.3 Å². The van der Waals surface area contributed by atoms with Crippen molar-refractivity contribution < 1.29 is 4.74 Å². The van der Waals surface area contributed by atoms with Gasteiger partial charge in [-0.05, 0) is 41.1 Å². The fourth-order valence-corrected chi connectivity index (χ4v) is 3.12. The smallest absolute Gasteiger partial charge is 0.122 e. The van der Waals surface area contributed by atoms with E-state index in [1.165, 1.54) is 21.6 Å². The first kappa shape index (κ1) is 11.7. The third kappa shape index (κ3) is 2.03. The van der Waals surface area contributed by atoms with Crippen LogP contribution in [0, 0.1) is 6.92 Å². The zero-order chi connectivity index (χ0) is 12.5. The minimum absolute atomic E-state index is 0.0563. The largest absolute Gasteiger partial charge is 0.493 e. The molecule has 0 amide bonds. The van der Waals surface area contributed by atoms with Crippen LogP contribution in [0.1, 0.15) is 27.6 Å². The minimum Gasteiger partial charge on any atom is -0.493 e. The van der Waals surface area contributed by atoms with Crippen molar-refractivity contribution in [3.63, 3.8) is 0 Å². The number of rotatable bonds is 3. The minimum atomic E-state index is 0.0563. The summed E-state index contributed by atoms with van der Waals surface area (Å²) in [5.41, 5.74) is 6.60. The van der Waals surface area contributed by atoms with E-state index in [1.54, 1.807) is 11.3 Å². The van der Waals surface area contributed by atoms with Crippen molar-refractivity contribution in [3.8, 4) is 5.75 Å². The van der Waals surface area contributed by atoms with Gasteiger partial charge in [0, 0.05) is 11.3 Å². The second-order valence-electron chi connectivity index (χ2n) is 4.56. The molecule has 1 atom stereocenters. The molecule has 1 unspecified atom stereocenters. The molecular formula is C14H16N2OS. The highest BCUT2D eigenvalue weighted by Crippen LogP contribution is 2.31. The molecule has 0 bridgehead atoms. The fraction of sp³-hybridized carbons (Fsp3) is 0.286. The number of aryl methyl sites for hydroxylation is 1. The molecule has 3 nitrogen and oxygen atoms in total. The number of ether oxygens (including phenoxy) is 1. The van der Waals surface area contributed by atoms with Gasteiger partial charge in [0.15, 0.2) is 0 Å². The summed E-state index contributed by atoms with van der Waals surface area (Å²) in [6.45, 7) is 2.90. The van der Waals surface area contributed by atoms with Gasteiger partial charge in [0.2, 0.25) is 0 Å². The maximum Gasteiger partial charge on any atom is 0.122 e. The van der Waals surface area contributed by atoms with Gasteiger partial charge >= 0.3 is 0 Å². The van der Waals surface area contributed by atoms with E-state index in [0.717, 1.165) is 18.8 Å². The molecule has 1 aromatic heterocycles. The van der Waals surface area contributed by atoms with Crippen molar-refractivity contribution in [2.45, 2.75) is 19.4 Å². The van der Waals surface area contributed by atoms with Crippen LogP contribution in [0.4, 0.5) is 0 Å².